The van der Waals surface area contributed by atoms with Crippen molar-refractivity contribution in [3.63, 3.8) is 0 Å². The van der Waals surface area contributed by atoms with Gasteiger partial charge in [-0.25, -0.2) is 9.59 Å². The minimum Gasteiger partial charge on any atom is -0.444 e. The highest BCUT2D eigenvalue weighted by molar-refractivity contribution is 7.99. The van der Waals surface area contributed by atoms with Crippen molar-refractivity contribution in [1.29, 1.82) is 0 Å². The lowest BCUT2D eigenvalue weighted by Gasteiger charge is -2.45. The molecule has 208 valence electrons. The fourth-order valence-electron chi connectivity index (χ4n) is 5.44. The molecule has 1 aromatic carbocycles. The molecule has 0 aliphatic carbocycles. The number of thioether (sulfide) groups is 1. The SMILES string of the molecule is CC1CN(c2nc(=O)n3c4c(c(Cl)c(C(F)(F)F)cc24)SCC2(COC2)C3)C[C@@H](C)N1C(=O)OC(C)(C)C. The van der Waals surface area contributed by atoms with E-state index in [2.05, 4.69) is 4.98 Å². The third kappa shape index (κ3) is 4.72. The molecule has 2 saturated heterocycles. The van der Waals surface area contributed by atoms with Crippen molar-refractivity contribution >= 4 is 46.2 Å². The maximum atomic E-state index is 14.1. The maximum absolute atomic E-state index is 14.1. The number of alkyl halides is 3. The number of ether oxygens (including phenoxy) is 2. The Kier molecular flexibility index (Phi) is 6.63. The molecule has 0 N–H and O–H groups in total. The summed E-state index contributed by atoms with van der Waals surface area (Å²) in [5, 5.41) is -0.194. The summed E-state index contributed by atoms with van der Waals surface area (Å²) in [6, 6.07) is 0.314. The first-order valence-corrected chi connectivity index (χ1v) is 13.8. The monoisotopic (exact) mass is 574 g/mol. The van der Waals surface area contributed by atoms with Gasteiger partial charge in [0, 0.05) is 36.2 Å². The Morgan fingerprint density at radius 1 is 1.21 bits per heavy atom. The minimum atomic E-state index is -4.69. The Bertz CT molecular complexity index is 1340. The van der Waals surface area contributed by atoms with Crippen LogP contribution in [-0.4, -0.2) is 70.3 Å². The number of benzene rings is 1. The lowest BCUT2D eigenvalue weighted by molar-refractivity contribution is -0.137. The van der Waals surface area contributed by atoms with Gasteiger partial charge in [0.25, 0.3) is 0 Å². The summed E-state index contributed by atoms with van der Waals surface area (Å²) in [6.45, 7) is 10.7. The molecule has 2 fully saturated rings. The van der Waals surface area contributed by atoms with Crippen molar-refractivity contribution in [1.82, 2.24) is 14.5 Å². The van der Waals surface area contributed by atoms with E-state index in [9.17, 15) is 22.8 Å². The van der Waals surface area contributed by atoms with Crippen LogP contribution in [-0.2, 0) is 22.2 Å². The number of hydrogen-bond acceptors (Lipinski definition) is 7. The molecule has 0 saturated carbocycles. The third-order valence-electron chi connectivity index (χ3n) is 7.10. The third-order valence-corrected chi connectivity index (χ3v) is 9.05. The van der Waals surface area contributed by atoms with Gasteiger partial charge in [-0.05, 0) is 40.7 Å². The summed E-state index contributed by atoms with van der Waals surface area (Å²) >= 11 is 7.60. The standard InChI is InChI=1S/C25H30ClF3N4O4S/c1-13-7-31(8-14(2)33(13)22(35)37-23(3,4)5)20-15-6-16(25(27,28)29)17(26)19-18(15)32(21(34)30-20)9-24(12-38-19)10-36-11-24/h6,13-14H,7-12H2,1-5H3/t13-,14?/m1/s1. The maximum Gasteiger partial charge on any atom is 0.417 e. The van der Waals surface area contributed by atoms with Crippen LogP contribution < -0.4 is 10.6 Å². The minimum absolute atomic E-state index is 0.161. The van der Waals surface area contributed by atoms with Gasteiger partial charge in [-0.1, -0.05) is 11.6 Å². The molecule has 0 bridgehead atoms. The van der Waals surface area contributed by atoms with Gasteiger partial charge in [-0.15, -0.1) is 11.8 Å². The number of carbonyl (C=O) groups is 1. The van der Waals surface area contributed by atoms with Gasteiger partial charge in [0.15, 0.2) is 0 Å². The fraction of sp³-hybridized carbons (Fsp3) is 0.640. The van der Waals surface area contributed by atoms with Crippen molar-refractivity contribution in [2.24, 2.45) is 5.41 Å². The number of carbonyl (C=O) groups excluding carboxylic acids is 1. The highest BCUT2D eigenvalue weighted by Crippen LogP contribution is 2.49. The van der Waals surface area contributed by atoms with Gasteiger partial charge in [-0.3, -0.25) is 9.47 Å². The van der Waals surface area contributed by atoms with E-state index in [1.807, 2.05) is 13.8 Å². The van der Waals surface area contributed by atoms with E-state index < -0.39 is 34.1 Å². The van der Waals surface area contributed by atoms with Gasteiger partial charge in [0.2, 0.25) is 0 Å². The number of rotatable bonds is 1. The second-order valence-electron chi connectivity index (χ2n) is 11.5. The van der Waals surface area contributed by atoms with E-state index in [-0.39, 0.29) is 53.2 Å². The van der Waals surface area contributed by atoms with Crippen molar-refractivity contribution in [3.05, 3.63) is 27.1 Å². The molecule has 5 rings (SSSR count). The summed E-state index contributed by atoms with van der Waals surface area (Å²) in [4.78, 5) is 34.2. The van der Waals surface area contributed by atoms with Crippen LogP contribution in [0.2, 0.25) is 5.02 Å². The van der Waals surface area contributed by atoms with Gasteiger partial charge in [-0.2, -0.15) is 18.2 Å². The van der Waals surface area contributed by atoms with Crippen LogP contribution in [0.1, 0.15) is 40.2 Å². The first-order chi connectivity index (χ1) is 17.6. The summed E-state index contributed by atoms with van der Waals surface area (Å²) in [5.74, 6) is 0.635. The normalized spacial score (nSPS) is 23.4. The Balaban J connectivity index is 1.63. The van der Waals surface area contributed by atoms with Crippen LogP contribution in [0.5, 0.6) is 0 Å². The summed E-state index contributed by atoms with van der Waals surface area (Å²) in [7, 11) is 0. The molecule has 3 aliphatic rings. The first-order valence-electron chi connectivity index (χ1n) is 12.4. The van der Waals surface area contributed by atoms with Crippen LogP contribution in [0, 0.1) is 5.41 Å². The van der Waals surface area contributed by atoms with Gasteiger partial charge < -0.3 is 14.4 Å². The lowest BCUT2D eigenvalue weighted by Crippen LogP contribution is -2.60. The average molecular weight is 575 g/mol. The van der Waals surface area contributed by atoms with Crippen LogP contribution in [0.15, 0.2) is 15.8 Å². The van der Waals surface area contributed by atoms with Crippen molar-refractivity contribution in [2.45, 2.75) is 69.9 Å². The lowest BCUT2D eigenvalue weighted by atomic mass is 9.88. The smallest absolute Gasteiger partial charge is 0.417 e. The van der Waals surface area contributed by atoms with Crippen LogP contribution in [0.4, 0.5) is 23.8 Å². The van der Waals surface area contributed by atoms with E-state index in [0.717, 1.165) is 6.07 Å². The number of aromatic nitrogens is 2. The molecule has 2 atom stereocenters. The molecule has 1 spiro atoms. The largest absolute Gasteiger partial charge is 0.444 e. The summed E-state index contributed by atoms with van der Waals surface area (Å²) < 4.78 is 54.8. The Morgan fingerprint density at radius 2 is 1.84 bits per heavy atom. The highest BCUT2D eigenvalue weighted by Gasteiger charge is 2.44. The van der Waals surface area contributed by atoms with E-state index in [1.165, 1.54) is 16.3 Å². The zero-order valence-corrected chi connectivity index (χ0v) is 23.4. The number of hydrogen-bond donors (Lipinski definition) is 0. The molecule has 38 heavy (non-hydrogen) atoms. The number of nitrogens with zero attached hydrogens (tertiary/aromatic N) is 4. The highest BCUT2D eigenvalue weighted by atomic mass is 35.5. The first kappa shape index (κ1) is 27.4. The zero-order valence-electron chi connectivity index (χ0n) is 21.8. The second-order valence-corrected chi connectivity index (χ2v) is 12.9. The number of amides is 1. The Morgan fingerprint density at radius 3 is 2.37 bits per heavy atom. The molecule has 0 radical (unpaired) electrons. The second kappa shape index (κ2) is 9.19. The van der Waals surface area contributed by atoms with Crippen LogP contribution in [0.25, 0.3) is 10.9 Å². The zero-order chi connectivity index (χ0) is 27.8. The molecule has 4 heterocycles. The fourth-order valence-corrected chi connectivity index (χ4v) is 7.15. The molecule has 2 aromatic rings. The average Bonchev–Trinajstić information content (AvgIpc) is 2.94. The molecule has 1 amide bonds. The quantitative estimate of drug-likeness (QED) is 0.473. The number of piperazine rings is 1. The van der Waals surface area contributed by atoms with Gasteiger partial charge in [0.05, 0.1) is 46.3 Å². The number of anilines is 1. The molecule has 13 heteroatoms. The van der Waals surface area contributed by atoms with Gasteiger partial charge >= 0.3 is 18.0 Å². The molecule has 1 unspecified atom stereocenters. The van der Waals surface area contributed by atoms with E-state index in [0.29, 0.717) is 24.5 Å². The number of halogens is 4. The van der Waals surface area contributed by atoms with Gasteiger partial charge in [0.1, 0.15) is 11.4 Å². The predicted molar refractivity (Wildman–Crippen MR) is 139 cm³/mol. The Hall–Kier alpha value is -2.18. The summed E-state index contributed by atoms with van der Waals surface area (Å²) in [5.41, 5.74) is -2.19. The van der Waals surface area contributed by atoms with E-state index in [1.54, 1.807) is 30.6 Å². The molecule has 3 aliphatic heterocycles. The van der Waals surface area contributed by atoms with Crippen molar-refractivity contribution < 1.29 is 27.4 Å². The molecular weight excluding hydrogens is 545 g/mol. The van der Waals surface area contributed by atoms with Crippen LogP contribution >= 0.6 is 23.4 Å². The summed E-state index contributed by atoms with van der Waals surface area (Å²) in [6.07, 6.45) is -5.16. The van der Waals surface area contributed by atoms with E-state index in [4.69, 9.17) is 21.1 Å². The predicted octanol–water partition coefficient (Wildman–Crippen LogP) is 5.03. The van der Waals surface area contributed by atoms with Crippen molar-refractivity contribution in [2.75, 3.05) is 37.0 Å². The van der Waals surface area contributed by atoms with Crippen LogP contribution in [0.3, 0.4) is 0 Å². The molecule has 1 aromatic heterocycles. The van der Waals surface area contributed by atoms with E-state index >= 15 is 0 Å². The molecule has 8 nitrogen and oxygen atoms in total. The Labute approximate surface area is 227 Å². The molecular formula is C25H30ClF3N4O4S. The van der Waals surface area contributed by atoms with Crippen molar-refractivity contribution in [3.8, 4) is 0 Å². The topological polar surface area (TPSA) is 76.9 Å².